The molecule has 7 nitrogen and oxygen atoms in total. The van der Waals surface area contributed by atoms with Crippen molar-refractivity contribution in [1.29, 1.82) is 0 Å². The molecule has 2 aromatic rings. The van der Waals surface area contributed by atoms with Crippen LogP contribution in [0.15, 0.2) is 24.4 Å². The maximum Gasteiger partial charge on any atom is 0.246 e. The number of aryl methyl sites for hydroxylation is 1. The molecule has 2 rings (SSSR count). The van der Waals surface area contributed by atoms with E-state index in [2.05, 4.69) is 15.6 Å². The highest BCUT2D eigenvalue weighted by Gasteiger charge is 2.10. The Bertz CT molecular complexity index is 609. The van der Waals surface area contributed by atoms with E-state index in [4.69, 9.17) is 9.47 Å². The van der Waals surface area contributed by atoms with Crippen LogP contribution in [-0.2, 0) is 11.3 Å². The van der Waals surface area contributed by atoms with Gasteiger partial charge in [-0.15, -0.1) is 5.10 Å². The fourth-order valence-corrected chi connectivity index (χ4v) is 1.69. The van der Waals surface area contributed by atoms with Crippen LogP contribution in [0.2, 0.25) is 0 Å². The Kier molecular flexibility index (Phi) is 4.19. The number of hydrogen-bond donors (Lipinski definition) is 1. The first-order valence-corrected chi connectivity index (χ1v) is 6.01. The van der Waals surface area contributed by atoms with Crippen LogP contribution in [0.1, 0.15) is 5.69 Å². The molecule has 0 unspecified atom stereocenters. The number of carbonyl (C=O) groups excluding carboxylic acids is 1. The zero-order valence-corrected chi connectivity index (χ0v) is 11.6. The van der Waals surface area contributed by atoms with Crippen molar-refractivity contribution >= 4 is 11.6 Å². The van der Waals surface area contributed by atoms with Gasteiger partial charge in [-0.3, -0.25) is 4.79 Å². The molecular formula is C13H16N4O3. The molecule has 0 aliphatic heterocycles. The minimum atomic E-state index is -0.206. The number of carbonyl (C=O) groups is 1. The minimum absolute atomic E-state index is 0.0982. The Labute approximate surface area is 116 Å². The van der Waals surface area contributed by atoms with Crippen LogP contribution in [0.5, 0.6) is 11.5 Å². The second-order valence-corrected chi connectivity index (χ2v) is 4.15. The van der Waals surface area contributed by atoms with Crippen molar-refractivity contribution in [3.8, 4) is 11.5 Å². The molecule has 1 N–H and O–H groups in total. The third-order valence-electron chi connectivity index (χ3n) is 2.79. The monoisotopic (exact) mass is 276 g/mol. The molecule has 0 bridgehead atoms. The van der Waals surface area contributed by atoms with E-state index in [1.54, 1.807) is 31.5 Å². The van der Waals surface area contributed by atoms with Crippen LogP contribution in [0.4, 0.5) is 5.69 Å². The highest BCUT2D eigenvalue weighted by molar-refractivity contribution is 5.92. The minimum Gasteiger partial charge on any atom is -0.497 e. The third-order valence-corrected chi connectivity index (χ3v) is 2.79. The lowest BCUT2D eigenvalue weighted by Crippen LogP contribution is -2.20. The van der Waals surface area contributed by atoms with Crippen molar-refractivity contribution in [2.45, 2.75) is 13.5 Å². The van der Waals surface area contributed by atoms with Crippen molar-refractivity contribution in [2.75, 3.05) is 19.5 Å². The second kappa shape index (κ2) is 6.05. The fourth-order valence-electron chi connectivity index (χ4n) is 1.69. The van der Waals surface area contributed by atoms with Crippen LogP contribution >= 0.6 is 0 Å². The molecule has 1 heterocycles. The fraction of sp³-hybridized carbons (Fsp3) is 0.308. The first kappa shape index (κ1) is 13.9. The lowest BCUT2D eigenvalue weighted by Gasteiger charge is -2.11. The number of methoxy groups -OCH3 is 2. The summed E-state index contributed by atoms with van der Waals surface area (Å²) in [5.41, 5.74) is 1.40. The average molecular weight is 276 g/mol. The largest absolute Gasteiger partial charge is 0.497 e. The summed E-state index contributed by atoms with van der Waals surface area (Å²) < 4.78 is 11.8. The van der Waals surface area contributed by atoms with E-state index >= 15 is 0 Å². The van der Waals surface area contributed by atoms with Gasteiger partial charge in [-0.05, 0) is 19.1 Å². The number of ether oxygens (including phenoxy) is 2. The molecule has 0 fully saturated rings. The van der Waals surface area contributed by atoms with Gasteiger partial charge in [-0.1, -0.05) is 5.21 Å². The summed E-state index contributed by atoms with van der Waals surface area (Å²) >= 11 is 0. The molecule has 0 atom stereocenters. The van der Waals surface area contributed by atoms with E-state index in [0.717, 1.165) is 5.69 Å². The Morgan fingerprint density at radius 3 is 2.75 bits per heavy atom. The number of nitrogens with one attached hydrogen (secondary N) is 1. The molecule has 1 aromatic heterocycles. The van der Waals surface area contributed by atoms with Crippen LogP contribution < -0.4 is 14.8 Å². The molecule has 0 aliphatic carbocycles. The van der Waals surface area contributed by atoms with E-state index in [1.807, 2.05) is 6.92 Å². The maximum absolute atomic E-state index is 12.0. The Morgan fingerprint density at radius 2 is 2.15 bits per heavy atom. The van der Waals surface area contributed by atoms with Gasteiger partial charge in [0.05, 0.1) is 31.8 Å². The molecule has 0 radical (unpaired) electrons. The Hall–Kier alpha value is -2.57. The number of benzene rings is 1. The first-order chi connectivity index (χ1) is 9.63. The predicted molar refractivity (Wildman–Crippen MR) is 72.9 cm³/mol. The third kappa shape index (κ3) is 3.05. The molecule has 106 valence electrons. The number of rotatable bonds is 5. The first-order valence-electron chi connectivity index (χ1n) is 6.01. The van der Waals surface area contributed by atoms with E-state index in [9.17, 15) is 4.79 Å². The molecule has 0 aliphatic rings. The Balaban J connectivity index is 2.09. The van der Waals surface area contributed by atoms with E-state index < -0.39 is 0 Å². The van der Waals surface area contributed by atoms with Gasteiger partial charge in [0, 0.05) is 6.07 Å². The summed E-state index contributed by atoms with van der Waals surface area (Å²) in [6.45, 7) is 1.93. The van der Waals surface area contributed by atoms with E-state index in [-0.39, 0.29) is 12.5 Å². The van der Waals surface area contributed by atoms with Gasteiger partial charge in [0.1, 0.15) is 18.0 Å². The topological polar surface area (TPSA) is 78.3 Å². The molecule has 7 heteroatoms. The van der Waals surface area contributed by atoms with Crippen molar-refractivity contribution in [3.05, 3.63) is 30.1 Å². The van der Waals surface area contributed by atoms with Gasteiger partial charge >= 0.3 is 0 Å². The summed E-state index contributed by atoms with van der Waals surface area (Å²) in [7, 11) is 3.10. The number of amides is 1. The summed E-state index contributed by atoms with van der Waals surface area (Å²) in [6.07, 6.45) is 1.60. The van der Waals surface area contributed by atoms with Crippen LogP contribution in [0.25, 0.3) is 0 Å². The lowest BCUT2D eigenvalue weighted by atomic mass is 10.2. The normalized spacial score (nSPS) is 10.2. The molecule has 0 spiro atoms. The van der Waals surface area contributed by atoms with Crippen molar-refractivity contribution < 1.29 is 14.3 Å². The van der Waals surface area contributed by atoms with Crippen molar-refractivity contribution in [3.63, 3.8) is 0 Å². The summed E-state index contributed by atoms with van der Waals surface area (Å²) in [5.74, 6) is 0.988. The average Bonchev–Trinajstić information content (AvgIpc) is 2.84. The van der Waals surface area contributed by atoms with E-state index in [0.29, 0.717) is 17.2 Å². The highest BCUT2D eigenvalue weighted by atomic mass is 16.5. The number of nitrogens with zero attached hydrogens (tertiary/aromatic N) is 3. The van der Waals surface area contributed by atoms with Crippen molar-refractivity contribution in [1.82, 2.24) is 15.0 Å². The van der Waals surface area contributed by atoms with Crippen molar-refractivity contribution in [2.24, 2.45) is 0 Å². The molecule has 1 aromatic carbocycles. The maximum atomic E-state index is 12.0. The van der Waals surface area contributed by atoms with Crippen LogP contribution in [0, 0.1) is 6.92 Å². The van der Waals surface area contributed by atoms with Gasteiger partial charge in [-0.25, -0.2) is 4.68 Å². The van der Waals surface area contributed by atoms with Gasteiger partial charge in [-0.2, -0.15) is 0 Å². The summed E-state index contributed by atoms with van der Waals surface area (Å²) in [4.78, 5) is 12.0. The molecule has 0 saturated carbocycles. The molecular weight excluding hydrogens is 260 g/mol. The van der Waals surface area contributed by atoms with Crippen LogP contribution in [0.3, 0.4) is 0 Å². The number of anilines is 1. The van der Waals surface area contributed by atoms with Gasteiger partial charge < -0.3 is 14.8 Å². The number of hydrogen-bond acceptors (Lipinski definition) is 5. The second-order valence-electron chi connectivity index (χ2n) is 4.15. The molecule has 0 saturated heterocycles. The lowest BCUT2D eigenvalue weighted by molar-refractivity contribution is -0.117. The van der Waals surface area contributed by atoms with E-state index in [1.165, 1.54) is 11.8 Å². The highest BCUT2D eigenvalue weighted by Crippen LogP contribution is 2.28. The number of aromatic nitrogens is 3. The van der Waals surface area contributed by atoms with Crippen LogP contribution in [-0.4, -0.2) is 35.1 Å². The quantitative estimate of drug-likeness (QED) is 0.889. The Morgan fingerprint density at radius 1 is 1.35 bits per heavy atom. The summed E-state index contributed by atoms with van der Waals surface area (Å²) in [6, 6.07) is 5.18. The standard InChI is InChI=1S/C13H16N4O3/c1-9-7-14-16-17(9)8-13(18)15-11-5-4-10(19-2)6-12(11)20-3/h4-7H,8H2,1-3H3,(H,15,18). The predicted octanol–water partition coefficient (Wildman–Crippen LogP) is 1.24. The smallest absolute Gasteiger partial charge is 0.246 e. The summed E-state index contributed by atoms with van der Waals surface area (Å²) in [5, 5.41) is 10.3. The zero-order chi connectivity index (χ0) is 14.5. The van der Waals surface area contributed by atoms with Gasteiger partial charge in [0.15, 0.2) is 0 Å². The van der Waals surface area contributed by atoms with Gasteiger partial charge in [0.2, 0.25) is 5.91 Å². The molecule has 20 heavy (non-hydrogen) atoms. The SMILES string of the molecule is COc1ccc(NC(=O)Cn2nncc2C)c(OC)c1. The zero-order valence-electron chi connectivity index (χ0n) is 11.6. The van der Waals surface area contributed by atoms with Gasteiger partial charge in [0.25, 0.3) is 0 Å². The molecule has 1 amide bonds.